The summed E-state index contributed by atoms with van der Waals surface area (Å²) < 4.78 is 39.9. The van der Waals surface area contributed by atoms with Crippen LogP contribution in [-0.2, 0) is 0 Å². The van der Waals surface area contributed by atoms with Crippen molar-refractivity contribution >= 4 is 0 Å². The van der Waals surface area contributed by atoms with Gasteiger partial charge in [0.2, 0.25) is 0 Å². The molecule has 2 aromatic rings. The summed E-state index contributed by atoms with van der Waals surface area (Å²) in [4.78, 5) is 0. The van der Waals surface area contributed by atoms with Crippen LogP contribution in [0.4, 0.5) is 13.2 Å². The largest absolute Gasteiger partial charge is 0.204 e. The van der Waals surface area contributed by atoms with Crippen LogP contribution in [0.3, 0.4) is 0 Å². The van der Waals surface area contributed by atoms with Crippen molar-refractivity contribution in [3.05, 3.63) is 59.4 Å². The summed E-state index contributed by atoms with van der Waals surface area (Å²) in [6.07, 6.45) is 7.97. The van der Waals surface area contributed by atoms with Gasteiger partial charge in [-0.3, -0.25) is 0 Å². The highest BCUT2D eigenvalue weighted by atomic mass is 19.2. The second kappa shape index (κ2) is 6.27. The molecule has 2 aliphatic carbocycles. The monoisotopic (exact) mass is 330 g/mol. The van der Waals surface area contributed by atoms with E-state index >= 15 is 0 Å². The highest BCUT2D eigenvalue weighted by Crippen LogP contribution is 2.47. The van der Waals surface area contributed by atoms with E-state index in [1.54, 1.807) is 0 Å². The van der Waals surface area contributed by atoms with Crippen molar-refractivity contribution in [1.82, 2.24) is 0 Å². The van der Waals surface area contributed by atoms with E-state index in [0.717, 1.165) is 24.0 Å². The van der Waals surface area contributed by atoms with Crippen molar-refractivity contribution in [2.24, 2.45) is 11.8 Å². The van der Waals surface area contributed by atoms with Gasteiger partial charge in [-0.25, -0.2) is 13.2 Å². The fraction of sp³-hybridized carbons (Fsp3) is 0.429. The maximum atomic E-state index is 13.4. The van der Waals surface area contributed by atoms with Crippen LogP contribution in [0.5, 0.6) is 0 Å². The quantitative estimate of drug-likeness (QED) is 0.567. The zero-order valence-corrected chi connectivity index (χ0v) is 13.6. The molecule has 0 N–H and O–H groups in total. The molecule has 2 fully saturated rings. The van der Waals surface area contributed by atoms with E-state index in [1.165, 1.54) is 44.1 Å². The molecule has 24 heavy (non-hydrogen) atoms. The molecule has 126 valence electrons. The summed E-state index contributed by atoms with van der Waals surface area (Å²) >= 11 is 0. The lowest BCUT2D eigenvalue weighted by molar-refractivity contribution is 0.296. The fourth-order valence-electron chi connectivity index (χ4n) is 4.16. The first-order chi connectivity index (χ1) is 11.6. The van der Waals surface area contributed by atoms with Gasteiger partial charge in [-0.05, 0) is 85.1 Å². The summed E-state index contributed by atoms with van der Waals surface area (Å²) in [5.41, 5.74) is 2.38. The molecule has 2 saturated carbocycles. The Bertz CT molecular complexity index is 700. The first-order valence-corrected chi connectivity index (χ1v) is 8.86. The van der Waals surface area contributed by atoms with Gasteiger partial charge in [-0.2, -0.15) is 0 Å². The van der Waals surface area contributed by atoms with E-state index < -0.39 is 17.5 Å². The molecule has 0 saturated heterocycles. The summed E-state index contributed by atoms with van der Waals surface area (Å²) in [7, 11) is 0. The molecule has 4 rings (SSSR count). The average molecular weight is 330 g/mol. The molecule has 0 nitrogen and oxygen atoms in total. The van der Waals surface area contributed by atoms with E-state index in [9.17, 15) is 13.2 Å². The fourth-order valence-corrected chi connectivity index (χ4v) is 4.16. The van der Waals surface area contributed by atoms with Crippen LogP contribution in [-0.4, -0.2) is 0 Å². The molecule has 0 radical (unpaired) electrons. The van der Waals surface area contributed by atoms with Crippen LogP contribution in [0, 0.1) is 29.3 Å². The Labute approximate surface area is 140 Å². The van der Waals surface area contributed by atoms with Crippen LogP contribution in [0.1, 0.15) is 50.0 Å². The lowest BCUT2D eigenvalue weighted by Gasteiger charge is -2.29. The smallest absolute Gasteiger partial charge is 0.194 e. The topological polar surface area (TPSA) is 0 Å². The van der Waals surface area contributed by atoms with E-state index in [-0.39, 0.29) is 0 Å². The van der Waals surface area contributed by atoms with Gasteiger partial charge >= 0.3 is 0 Å². The third kappa shape index (κ3) is 3.09. The maximum absolute atomic E-state index is 13.4. The first-order valence-electron chi connectivity index (χ1n) is 8.86. The minimum Gasteiger partial charge on any atom is -0.204 e. The van der Waals surface area contributed by atoms with E-state index in [2.05, 4.69) is 12.1 Å². The predicted molar refractivity (Wildman–Crippen MR) is 89.2 cm³/mol. The van der Waals surface area contributed by atoms with Crippen LogP contribution >= 0.6 is 0 Å². The molecule has 0 unspecified atom stereocenters. The molecule has 2 aliphatic rings. The normalized spacial score (nSPS) is 24.1. The molecule has 0 amide bonds. The van der Waals surface area contributed by atoms with Gasteiger partial charge in [0, 0.05) is 0 Å². The summed E-state index contributed by atoms with van der Waals surface area (Å²) in [5, 5.41) is 0. The molecule has 0 aliphatic heterocycles. The molecule has 0 bridgehead atoms. The second-order valence-corrected chi connectivity index (χ2v) is 7.33. The second-order valence-electron chi connectivity index (χ2n) is 7.33. The standard InChI is InChI=1S/C21H21F3/c22-19-11-18(12-20(23)21(19)24)17-9-7-16(8-10-17)15-5-3-14(4-6-15)13-1-2-13/h7-15H,1-6H2. The van der Waals surface area contributed by atoms with E-state index in [0.29, 0.717) is 17.0 Å². The maximum Gasteiger partial charge on any atom is 0.194 e. The Morgan fingerprint density at radius 1 is 0.625 bits per heavy atom. The molecule has 0 spiro atoms. The number of rotatable bonds is 3. The predicted octanol–water partition coefficient (Wildman–Crippen LogP) is 6.45. The van der Waals surface area contributed by atoms with Crippen molar-refractivity contribution < 1.29 is 13.2 Å². The van der Waals surface area contributed by atoms with Gasteiger partial charge in [0.15, 0.2) is 17.5 Å². The van der Waals surface area contributed by atoms with Gasteiger partial charge in [0.25, 0.3) is 0 Å². The Morgan fingerprint density at radius 3 is 1.62 bits per heavy atom. The van der Waals surface area contributed by atoms with E-state index in [4.69, 9.17) is 0 Å². The van der Waals surface area contributed by atoms with E-state index in [1.807, 2.05) is 12.1 Å². The molecule has 2 aromatic carbocycles. The number of halogens is 3. The number of hydrogen-bond donors (Lipinski definition) is 0. The summed E-state index contributed by atoms with van der Waals surface area (Å²) in [6.45, 7) is 0. The van der Waals surface area contributed by atoms with Crippen molar-refractivity contribution in [2.45, 2.75) is 44.4 Å². The summed E-state index contributed by atoms with van der Waals surface area (Å²) in [6, 6.07) is 9.97. The summed E-state index contributed by atoms with van der Waals surface area (Å²) in [5.74, 6) is -1.18. The van der Waals surface area contributed by atoms with Crippen LogP contribution in [0.15, 0.2) is 36.4 Å². The Kier molecular flexibility index (Phi) is 4.11. The zero-order valence-electron chi connectivity index (χ0n) is 13.6. The number of benzene rings is 2. The molecule has 0 heterocycles. The zero-order chi connectivity index (χ0) is 16.7. The van der Waals surface area contributed by atoms with Crippen LogP contribution < -0.4 is 0 Å². The average Bonchev–Trinajstić information content (AvgIpc) is 3.45. The highest BCUT2D eigenvalue weighted by molar-refractivity contribution is 5.64. The Morgan fingerprint density at radius 2 is 1.12 bits per heavy atom. The third-order valence-corrected chi connectivity index (χ3v) is 5.76. The van der Waals surface area contributed by atoms with Crippen LogP contribution in [0.25, 0.3) is 11.1 Å². The molecule has 0 atom stereocenters. The number of hydrogen-bond acceptors (Lipinski definition) is 0. The minimum atomic E-state index is -1.41. The van der Waals surface area contributed by atoms with Gasteiger partial charge in [0.1, 0.15) is 0 Å². The lowest BCUT2D eigenvalue weighted by atomic mass is 9.77. The van der Waals surface area contributed by atoms with Gasteiger partial charge in [-0.1, -0.05) is 24.3 Å². The SMILES string of the molecule is Fc1cc(-c2ccc(C3CCC(C4CC4)CC3)cc2)cc(F)c1F. The minimum absolute atomic E-state index is 0.371. The lowest BCUT2D eigenvalue weighted by Crippen LogP contribution is -2.14. The third-order valence-electron chi connectivity index (χ3n) is 5.76. The highest BCUT2D eigenvalue weighted by Gasteiger charge is 2.34. The molecule has 3 heteroatoms. The molecule has 0 aromatic heterocycles. The van der Waals surface area contributed by atoms with Gasteiger partial charge in [-0.15, -0.1) is 0 Å². The van der Waals surface area contributed by atoms with Crippen molar-refractivity contribution in [2.75, 3.05) is 0 Å². The van der Waals surface area contributed by atoms with Crippen molar-refractivity contribution in [1.29, 1.82) is 0 Å². The molecular weight excluding hydrogens is 309 g/mol. The first kappa shape index (κ1) is 15.7. The van der Waals surface area contributed by atoms with Crippen molar-refractivity contribution in [3.63, 3.8) is 0 Å². The van der Waals surface area contributed by atoms with Gasteiger partial charge in [0.05, 0.1) is 0 Å². The molecular formula is C21H21F3. The van der Waals surface area contributed by atoms with Crippen LogP contribution in [0.2, 0.25) is 0 Å². The Hall–Kier alpha value is -1.77. The van der Waals surface area contributed by atoms with Gasteiger partial charge < -0.3 is 0 Å². The van der Waals surface area contributed by atoms with Crippen molar-refractivity contribution in [3.8, 4) is 11.1 Å². The Balaban J connectivity index is 1.48.